The van der Waals surface area contributed by atoms with Crippen LogP contribution in [0, 0.1) is 11.3 Å². The van der Waals surface area contributed by atoms with Crippen LogP contribution in [0.5, 0.6) is 0 Å². The van der Waals surface area contributed by atoms with Crippen LogP contribution in [0.4, 0.5) is 0 Å². The van der Waals surface area contributed by atoms with E-state index in [2.05, 4.69) is 31.3 Å². The number of amides is 1. The summed E-state index contributed by atoms with van der Waals surface area (Å²) in [5.41, 5.74) is 1.16. The molecule has 0 radical (unpaired) electrons. The van der Waals surface area contributed by atoms with Gasteiger partial charge in [-0.25, -0.2) is 0 Å². The minimum Gasteiger partial charge on any atom is -0.381 e. The van der Waals surface area contributed by atoms with Gasteiger partial charge in [0.25, 0.3) is 0 Å². The van der Waals surface area contributed by atoms with Crippen LogP contribution in [0.1, 0.15) is 45.1 Å². The van der Waals surface area contributed by atoms with Gasteiger partial charge in [0.15, 0.2) is 0 Å². The molecule has 2 unspecified atom stereocenters. The van der Waals surface area contributed by atoms with Crippen molar-refractivity contribution in [3.05, 3.63) is 35.9 Å². The molecule has 1 aliphatic carbocycles. The highest BCUT2D eigenvalue weighted by Crippen LogP contribution is 2.59. The lowest BCUT2D eigenvalue weighted by atomic mass is 9.88. The van der Waals surface area contributed by atoms with Gasteiger partial charge < -0.3 is 10.1 Å². The molecule has 1 spiro atoms. The molecule has 2 atom stereocenters. The number of hydrogen-bond donors (Lipinski definition) is 1. The molecule has 1 aromatic rings. The van der Waals surface area contributed by atoms with Gasteiger partial charge in [0, 0.05) is 19.1 Å². The molecule has 1 saturated heterocycles. The van der Waals surface area contributed by atoms with Crippen LogP contribution in [0.3, 0.4) is 0 Å². The Morgan fingerprint density at radius 1 is 1.33 bits per heavy atom. The molecule has 1 saturated carbocycles. The molecule has 1 heterocycles. The van der Waals surface area contributed by atoms with Gasteiger partial charge in [-0.2, -0.15) is 0 Å². The van der Waals surface area contributed by atoms with Gasteiger partial charge >= 0.3 is 0 Å². The lowest BCUT2D eigenvalue weighted by molar-refractivity contribution is -0.125. The summed E-state index contributed by atoms with van der Waals surface area (Å²) in [5.74, 6) is 0.418. The number of hydrogen-bond acceptors (Lipinski definition) is 2. The molecule has 3 rings (SSSR count). The van der Waals surface area contributed by atoms with Crippen LogP contribution in [-0.4, -0.2) is 19.1 Å². The van der Waals surface area contributed by atoms with Crippen molar-refractivity contribution in [1.29, 1.82) is 0 Å². The number of carbonyl (C=O) groups excluding carboxylic acids is 1. The molecule has 2 aliphatic rings. The van der Waals surface area contributed by atoms with Gasteiger partial charge in [-0.15, -0.1) is 0 Å². The Balaban J connectivity index is 1.69. The Kier molecular flexibility index (Phi) is 3.78. The fourth-order valence-electron chi connectivity index (χ4n) is 3.58. The first-order chi connectivity index (χ1) is 10.1. The summed E-state index contributed by atoms with van der Waals surface area (Å²) in [5, 5.41) is 3.31. The maximum atomic E-state index is 12.7. The van der Waals surface area contributed by atoms with Crippen LogP contribution in [0.2, 0.25) is 0 Å². The Labute approximate surface area is 127 Å². The number of rotatable bonds is 4. The van der Waals surface area contributed by atoms with E-state index in [0.29, 0.717) is 0 Å². The van der Waals surface area contributed by atoms with E-state index in [1.165, 1.54) is 5.56 Å². The summed E-state index contributed by atoms with van der Waals surface area (Å²) >= 11 is 0. The predicted molar refractivity (Wildman–Crippen MR) is 82.8 cm³/mol. The molecule has 3 heteroatoms. The molecule has 21 heavy (non-hydrogen) atoms. The third-order valence-corrected chi connectivity index (χ3v) is 5.51. The Bertz CT molecular complexity index is 507. The smallest absolute Gasteiger partial charge is 0.224 e. The van der Waals surface area contributed by atoms with Crippen LogP contribution < -0.4 is 5.32 Å². The molecular weight excluding hydrogens is 262 g/mol. The van der Waals surface area contributed by atoms with E-state index >= 15 is 0 Å². The molecule has 0 aromatic heterocycles. The van der Waals surface area contributed by atoms with Crippen LogP contribution in [0.25, 0.3) is 0 Å². The van der Waals surface area contributed by atoms with Crippen molar-refractivity contribution in [3.63, 3.8) is 0 Å². The minimum atomic E-state index is -0.271. The summed E-state index contributed by atoms with van der Waals surface area (Å²) in [7, 11) is 0. The molecule has 0 bridgehead atoms. The topological polar surface area (TPSA) is 38.3 Å². The summed E-state index contributed by atoms with van der Waals surface area (Å²) in [6.45, 7) is 5.88. The predicted octanol–water partition coefficient (Wildman–Crippen LogP) is 3.24. The van der Waals surface area contributed by atoms with E-state index < -0.39 is 0 Å². The van der Waals surface area contributed by atoms with Crippen molar-refractivity contribution in [2.75, 3.05) is 13.2 Å². The summed E-state index contributed by atoms with van der Waals surface area (Å²) < 4.78 is 5.43. The van der Waals surface area contributed by atoms with Crippen molar-refractivity contribution >= 4 is 5.91 Å². The zero-order chi connectivity index (χ0) is 14.9. The summed E-state index contributed by atoms with van der Waals surface area (Å²) in [6, 6.07) is 10.3. The zero-order valence-corrected chi connectivity index (χ0v) is 13.0. The number of ether oxygens (including phenoxy) is 1. The summed E-state index contributed by atoms with van der Waals surface area (Å²) in [6.07, 6.45) is 4.01. The quantitative estimate of drug-likeness (QED) is 0.923. The Morgan fingerprint density at radius 3 is 2.62 bits per heavy atom. The van der Waals surface area contributed by atoms with Crippen LogP contribution in [0.15, 0.2) is 30.3 Å². The molecule has 2 fully saturated rings. The van der Waals surface area contributed by atoms with Crippen molar-refractivity contribution in [2.45, 2.75) is 45.1 Å². The van der Waals surface area contributed by atoms with E-state index in [1.54, 1.807) is 0 Å². The largest absolute Gasteiger partial charge is 0.381 e. The second-order valence-corrected chi connectivity index (χ2v) is 6.77. The van der Waals surface area contributed by atoms with Gasteiger partial charge in [-0.05, 0) is 43.6 Å². The maximum Gasteiger partial charge on any atom is 0.224 e. The van der Waals surface area contributed by atoms with E-state index in [4.69, 9.17) is 4.74 Å². The van der Waals surface area contributed by atoms with Crippen molar-refractivity contribution < 1.29 is 9.53 Å². The monoisotopic (exact) mass is 287 g/mol. The average molecular weight is 287 g/mol. The third kappa shape index (κ3) is 2.71. The Morgan fingerprint density at radius 2 is 2.00 bits per heavy atom. The van der Waals surface area contributed by atoms with E-state index in [1.807, 2.05) is 18.2 Å². The summed E-state index contributed by atoms with van der Waals surface area (Å²) in [4.78, 5) is 12.7. The number of nitrogens with one attached hydrogen (secondary N) is 1. The second-order valence-electron chi connectivity index (χ2n) is 6.77. The van der Waals surface area contributed by atoms with Gasteiger partial charge in [-0.3, -0.25) is 4.79 Å². The molecule has 1 N–H and O–H groups in total. The normalized spacial score (nSPS) is 26.1. The molecule has 114 valence electrons. The fraction of sp³-hybridized carbons (Fsp3) is 0.611. The highest BCUT2D eigenvalue weighted by Gasteiger charge is 2.58. The van der Waals surface area contributed by atoms with Crippen molar-refractivity contribution in [2.24, 2.45) is 11.3 Å². The SMILES string of the molecule is CCC(C)(NC(=O)C1CC12CCOCC2)c1ccccc1. The lowest BCUT2D eigenvalue weighted by Crippen LogP contribution is -2.44. The zero-order valence-electron chi connectivity index (χ0n) is 13.0. The molecule has 3 nitrogen and oxygen atoms in total. The minimum absolute atomic E-state index is 0.191. The van der Waals surface area contributed by atoms with Crippen LogP contribution in [-0.2, 0) is 15.1 Å². The van der Waals surface area contributed by atoms with E-state index in [9.17, 15) is 4.79 Å². The molecule has 1 amide bonds. The third-order valence-electron chi connectivity index (χ3n) is 5.51. The molecular formula is C18H25NO2. The molecule has 1 aromatic carbocycles. The fourth-order valence-corrected chi connectivity index (χ4v) is 3.58. The molecule has 1 aliphatic heterocycles. The average Bonchev–Trinajstić information content (AvgIpc) is 3.22. The van der Waals surface area contributed by atoms with Gasteiger partial charge in [0.1, 0.15) is 0 Å². The Hall–Kier alpha value is -1.35. The van der Waals surface area contributed by atoms with Gasteiger partial charge in [0.2, 0.25) is 5.91 Å². The van der Waals surface area contributed by atoms with Crippen molar-refractivity contribution in [3.8, 4) is 0 Å². The van der Waals surface area contributed by atoms with E-state index in [0.717, 1.165) is 38.9 Å². The second kappa shape index (κ2) is 5.45. The van der Waals surface area contributed by atoms with Gasteiger partial charge in [0.05, 0.1) is 5.54 Å². The van der Waals surface area contributed by atoms with Gasteiger partial charge in [-0.1, -0.05) is 37.3 Å². The maximum absolute atomic E-state index is 12.7. The lowest BCUT2D eigenvalue weighted by Gasteiger charge is -2.31. The van der Waals surface area contributed by atoms with E-state index in [-0.39, 0.29) is 22.8 Å². The number of benzene rings is 1. The van der Waals surface area contributed by atoms with Crippen molar-refractivity contribution in [1.82, 2.24) is 5.32 Å². The highest BCUT2D eigenvalue weighted by atomic mass is 16.5. The van der Waals surface area contributed by atoms with Crippen LogP contribution >= 0.6 is 0 Å². The highest BCUT2D eigenvalue weighted by molar-refractivity contribution is 5.83. The standard InChI is InChI=1S/C18H25NO2/c1-3-17(2,14-7-5-4-6-8-14)19-16(20)15-13-18(15)9-11-21-12-10-18/h4-8,15H,3,9-13H2,1-2H3,(H,19,20). The number of carbonyl (C=O) groups is 1. The first-order valence-electron chi connectivity index (χ1n) is 8.05. The first kappa shape index (κ1) is 14.6. The first-order valence-corrected chi connectivity index (χ1v) is 8.05.